The molecular formula is C11H15N5. The molecule has 16 heavy (non-hydrogen) atoms. The molecular weight excluding hydrogens is 202 g/mol. The second kappa shape index (κ2) is 3.84. The third-order valence-electron chi connectivity index (χ3n) is 3.15. The average Bonchev–Trinajstić information content (AvgIpc) is 2.96. The van der Waals surface area contributed by atoms with E-state index in [0.717, 1.165) is 36.5 Å². The van der Waals surface area contributed by atoms with E-state index >= 15 is 0 Å². The van der Waals surface area contributed by atoms with Gasteiger partial charge in [-0.05, 0) is 24.6 Å². The van der Waals surface area contributed by atoms with Crippen LogP contribution in [0.1, 0.15) is 23.7 Å². The van der Waals surface area contributed by atoms with Crippen molar-refractivity contribution in [3.8, 4) is 0 Å². The van der Waals surface area contributed by atoms with Crippen molar-refractivity contribution < 1.29 is 0 Å². The molecule has 1 aliphatic heterocycles. The molecule has 0 radical (unpaired) electrons. The molecule has 0 spiro atoms. The smallest absolute Gasteiger partial charge is 0.160 e. The van der Waals surface area contributed by atoms with Gasteiger partial charge in [-0.3, -0.25) is 4.40 Å². The van der Waals surface area contributed by atoms with Crippen LogP contribution in [-0.2, 0) is 6.54 Å². The molecule has 5 heteroatoms. The molecule has 84 valence electrons. The minimum atomic E-state index is 0.475. The first-order valence-corrected chi connectivity index (χ1v) is 5.63. The molecule has 1 unspecified atom stereocenters. The molecule has 1 saturated heterocycles. The van der Waals surface area contributed by atoms with Gasteiger partial charge in [-0.1, -0.05) is 6.07 Å². The van der Waals surface area contributed by atoms with Crippen molar-refractivity contribution >= 4 is 5.65 Å². The van der Waals surface area contributed by atoms with E-state index in [9.17, 15) is 0 Å². The molecule has 0 aliphatic carbocycles. The summed E-state index contributed by atoms with van der Waals surface area (Å²) in [5.41, 5.74) is 7.66. The first kappa shape index (κ1) is 9.74. The normalized spacial score (nSPS) is 20.7. The topological polar surface area (TPSA) is 68.2 Å². The van der Waals surface area contributed by atoms with Crippen LogP contribution in [0.3, 0.4) is 0 Å². The number of aromatic nitrogens is 3. The number of nitrogens with two attached hydrogens (primary N) is 1. The van der Waals surface area contributed by atoms with E-state index in [-0.39, 0.29) is 0 Å². The van der Waals surface area contributed by atoms with E-state index in [4.69, 9.17) is 5.73 Å². The van der Waals surface area contributed by atoms with Crippen LogP contribution < -0.4 is 11.1 Å². The van der Waals surface area contributed by atoms with E-state index in [1.807, 2.05) is 18.3 Å². The minimum Gasteiger partial charge on any atom is -0.326 e. The molecule has 0 saturated carbocycles. The van der Waals surface area contributed by atoms with Crippen LogP contribution in [0.2, 0.25) is 0 Å². The Morgan fingerprint density at radius 2 is 2.38 bits per heavy atom. The van der Waals surface area contributed by atoms with Gasteiger partial charge in [0.25, 0.3) is 0 Å². The summed E-state index contributed by atoms with van der Waals surface area (Å²) in [4.78, 5) is 0. The molecule has 0 amide bonds. The van der Waals surface area contributed by atoms with Gasteiger partial charge in [0, 0.05) is 25.2 Å². The first-order valence-electron chi connectivity index (χ1n) is 5.63. The van der Waals surface area contributed by atoms with E-state index in [0.29, 0.717) is 12.5 Å². The van der Waals surface area contributed by atoms with Crippen molar-refractivity contribution in [3.05, 3.63) is 29.7 Å². The lowest BCUT2D eigenvalue weighted by Gasteiger charge is -2.06. The zero-order chi connectivity index (χ0) is 11.0. The maximum atomic E-state index is 5.65. The maximum Gasteiger partial charge on any atom is 0.160 e. The highest BCUT2D eigenvalue weighted by atomic mass is 15.3. The summed E-state index contributed by atoms with van der Waals surface area (Å²) in [6.45, 7) is 2.61. The molecule has 1 fully saturated rings. The van der Waals surface area contributed by atoms with E-state index < -0.39 is 0 Å². The third kappa shape index (κ3) is 1.48. The molecule has 1 aliphatic rings. The Balaban J connectivity index is 2.09. The Hall–Kier alpha value is -1.46. The molecule has 3 rings (SSSR count). The summed E-state index contributed by atoms with van der Waals surface area (Å²) < 4.78 is 2.07. The van der Waals surface area contributed by atoms with E-state index in [1.165, 1.54) is 0 Å². The van der Waals surface area contributed by atoms with Crippen molar-refractivity contribution in [3.63, 3.8) is 0 Å². The lowest BCUT2D eigenvalue weighted by molar-refractivity contribution is 0.690. The Morgan fingerprint density at radius 1 is 1.44 bits per heavy atom. The van der Waals surface area contributed by atoms with E-state index in [1.54, 1.807) is 0 Å². The van der Waals surface area contributed by atoms with Crippen LogP contribution in [0.25, 0.3) is 5.65 Å². The van der Waals surface area contributed by atoms with Crippen molar-refractivity contribution in [2.24, 2.45) is 5.73 Å². The summed E-state index contributed by atoms with van der Waals surface area (Å²) in [6, 6.07) is 3.97. The highest BCUT2D eigenvalue weighted by molar-refractivity contribution is 5.40. The predicted molar refractivity (Wildman–Crippen MR) is 61.1 cm³/mol. The number of rotatable bonds is 2. The van der Waals surface area contributed by atoms with Crippen LogP contribution >= 0.6 is 0 Å². The SMILES string of the molecule is NCc1ccc2nnc(C3CCNC3)n2c1. The van der Waals surface area contributed by atoms with Gasteiger partial charge in [-0.25, -0.2) is 0 Å². The maximum absolute atomic E-state index is 5.65. The molecule has 3 N–H and O–H groups in total. The second-order valence-corrected chi connectivity index (χ2v) is 4.22. The average molecular weight is 217 g/mol. The number of hydrogen-bond donors (Lipinski definition) is 2. The predicted octanol–water partition coefficient (Wildman–Crippen LogP) is 0.265. The number of hydrogen-bond acceptors (Lipinski definition) is 4. The standard InChI is InChI=1S/C11H15N5/c12-5-8-1-2-10-14-15-11(16(10)7-8)9-3-4-13-6-9/h1-2,7,9,13H,3-6,12H2. The largest absolute Gasteiger partial charge is 0.326 e. The number of fused-ring (bicyclic) bond motifs is 1. The molecule has 1 atom stereocenters. The fourth-order valence-electron chi connectivity index (χ4n) is 2.23. The van der Waals surface area contributed by atoms with Crippen molar-refractivity contribution in [1.29, 1.82) is 0 Å². The molecule has 5 nitrogen and oxygen atoms in total. The number of nitrogens with zero attached hydrogens (tertiary/aromatic N) is 3. The Bertz CT molecular complexity index is 498. The Labute approximate surface area is 93.7 Å². The highest BCUT2D eigenvalue weighted by Crippen LogP contribution is 2.21. The van der Waals surface area contributed by atoms with Crippen LogP contribution in [-0.4, -0.2) is 27.7 Å². The van der Waals surface area contributed by atoms with Crippen LogP contribution in [0, 0.1) is 0 Å². The monoisotopic (exact) mass is 217 g/mol. The quantitative estimate of drug-likeness (QED) is 0.757. The van der Waals surface area contributed by atoms with Gasteiger partial charge in [0.2, 0.25) is 0 Å². The van der Waals surface area contributed by atoms with Crippen LogP contribution in [0.15, 0.2) is 18.3 Å². The van der Waals surface area contributed by atoms with Crippen LogP contribution in [0.4, 0.5) is 0 Å². The Morgan fingerprint density at radius 3 is 3.12 bits per heavy atom. The van der Waals surface area contributed by atoms with Gasteiger partial charge in [-0.2, -0.15) is 0 Å². The molecule has 0 aromatic carbocycles. The van der Waals surface area contributed by atoms with Gasteiger partial charge >= 0.3 is 0 Å². The third-order valence-corrected chi connectivity index (χ3v) is 3.15. The summed E-state index contributed by atoms with van der Waals surface area (Å²) in [5.74, 6) is 1.53. The van der Waals surface area contributed by atoms with Crippen molar-refractivity contribution in [1.82, 2.24) is 19.9 Å². The molecule has 2 aromatic rings. The highest BCUT2D eigenvalue weighted by Gasteiger charge is 2.21. The second-order valence-electron chi connectivity index (χ2n) is 4.22. The minimum absolute atomic E-state index is 0.475. The van der Waals surface area contributed by atoms with Crippen molar-refractivity contribution in [2.45, 2.75) is 18.9 Å². The van der Waals surface area contributed by atoms with Crippen molar-refractivity contribution in [2.75, 3.05) is 13.1 Å². The van der Waals surface area contributed by atoms with Crippen LogP contribution in [0.5, 0.6) is 0 Å². The van der Waals surface area contributed by atoms with Gasteiger partial charge in [0.05, 0.1) is 0 Å². The van der Waals surface area contributed by atoms with Gasteiger partial charge < -0.3 is 11.1 Å². The Kier molecular flexibility index (Phi) is 2.34. The first-order chi connectivity index (χ1) is 7.88. The van der Waals surface area contributed by atoms with Gasteiger partial charge in [-0.15, -0.1) is 10.2 Å². The van der Waals surface area contributed by atoms with Gasteiger partial charge in [0.15, 0.2) is 5.65 Å². The lowest BCUT2D eigenvalue weighted by atomic mass is 10.1. The zero-order valence-electron chi connectivity index (χ0n) is 9.06. The molecule has 2 aromatic heterocycles. The number of pyridine rings is 1. The lowest BCUT2D eigenvalue weighted by Crippen LogP contribution is -2.10. The summed E-state index contributed by atoms with van der Waals surface area (Å²) >= 11 is 0. The fourth-order valence-corrected chi connectivity index (χ4v) is 2.23. The zero-order valence-corrected chi connectivity index (χ0v) is 9.06. The fraction of sp³-hybridized carbons (Fsp3) is 0.455. The summed E-state index contributed by atoms with van der Waals surface area (Å²) in [6.07, 6.45) is 3.18. The summed E-state index contributed by atoms with van der Waals surface area (Å²) in [5, 5.41) is 11.8. The molecule has 0 bridgehead atoms. The van der Waals surface area contributed by atoms with E-state index in [2.05, 4.69) is 19.9 Å². The summed E-state index contributed by atoms with van der Waals surface area (Å²) in [7, 11) is 0. The number of nitrogens with one attached hydrogen (secondary N) is 1. The van der Waals surface area contributed by atoms with Gasteiger partial charge in [0.1, 0.15) is 5.82 Å². The molecule has 3 heterocycles.